The third kappa shape index (κ3) is 2.06. The van der Waals surface area contributed by atoms with Crippen LogP contribution in [0.5, 0.6) is 0 Å². The molecule has 0 unspecified atom stereocenters. The SMILES string of the molecule is O=C(O)c1c(F)cccc1Sc1ncc[nH]1. The Balaban J connectivity index is 2.40. The smallest absolute Gasteiger partial charge is 0.339 e. The second-order valence-corrected chi connectivity index (χ2v) is 3.95. The van der Waals surface area contributed by atoms with E-state index in [4.69, 9.17) is 5.11 Å². The van der Waals surface area contributed by atoms with Crippen LogP contribution in [-0.2, 0) is 0 Å². The molecule has 0 amide bonds. The molecule has 2 rings (SSSR count). The van der Waals surface area contributed by atoms with E-state index in [1.807, 2.05) is 0 Å². The van der Waals surface area contributed by atoms with Gasteiger partial charge in [-0.1, -0.05) is 17.8 Å². The molecule has 2 aromatic rings. The molecule has 82 valence electrons. The van der Waals surface area contributed by atoms with Crippen molar-refractivity contribution in [2.24, 2.45) is 0 Å². The van der Waals surface area contributed by atoms with Gasteiger partial charge in [-0.05, 0) is 12.1 Å². The Labute approximate surface area is 94.5 Å². The molecule has 0 aliphatic heterocycles. The largest absolute Gasteiger partial charge is 0.478 e. The standard InChI is InChI=1S/C10H7FN2O2S/c11-6-2-1-3-7(8(6)9(14)15)16-10-12-4-5-13-10/h1-5H,(H,12,13)(H,14,15). The molecule has 2 N–H and O–H groups in total. The minimum absolute atomic E-state index is 0.322. The van der Waals surface area contributed by atoms with E-state index in [9.17, 15) is 9.18 Å². The van der Waals surface area contributed by atoms with Gasteiger partial charge < -0.3 is 10.1 Å². The summed E-state index contributed by atoms with van der Waals surface area (Å²) in [7, 11) is 0. The van der Waals surface area contributed by atoms with Crippen molar-refractivity contribution in [1.29, 1.82) is 0 Å². The number of aromatic amines is 1. The first-order valence-corrected chi connectivity index (χ1v) is 5.19. The molecule has 16 heavy (non-hydrogen) atoms. The summed E-state index contributed by atoms with van der Waals surface area (Å²) in [6.07, 6.45) is 3.16. The number of hydrogen-bond acceptors (Lipinski definition) is 3. The van der Waals surface area contributed by atoms with Gasteiger partial charge in [-0.2, -0.15) is 0 Å². The summed E-state index contributed by atoms with van der Waals surface area (Å²) < 4.78 is 13.3. The van der Waals surface area contributed by atoms with E-state index < -0.39 is 11.8 Å². The lowest BCUT2D eigenvalue weighted by molar-refractivity contribution is 0.0688. The average molecular weight is 238 g/mol. The lowest BCUT2D eigenvalue weighted by Crippen LogP contribution is -2.02. The van der Waals surface area contributed by atoms with Gasteiger partial charge in [0.1, 0.15) is 11.4 Å². The summed E-state index contributed by atoms with van der Waals surface area (Å²) in [5, 5.41) is 9.41. The monoisotopic (exact) mass is 238 g/mol. The quantitative estimate of drug-likeness (QED) is 0.861. The Morgan fingerprint density at radius 1 is 1.50 bits per heavy atom. The van der Waals surface area contributed by atoms with Gasteiger partial charge in [0.05, 0.1) is 0 Å². The Bertz CT molecular complexity index is 514. The van der Waals surface area contributed by atoms with Gasteiger partial charge >= 0.3 is 5.97 Å². The third-order valence-corrected chi connectivity index (χ3v) is 2.85. The fourth-order valence-corrected chi connectivity index (χ4v) is 2.09. The fourth-order valence-electron chi connectivity index (χ4n) is 1.21. The predicted octanol–water partition coefficient (Wildman–Crippen LogP) is 2.40. The van der Waals surface area contributed by atoms with Crippen LogP contribution in [0.4, 0.5) is 4.39 Å². The first kappa shape index (κ1) is 10.7. The second kappa shape index (κ2) is 4.36. The maximum Gasteiger partial charge on any atom is 0.339 e. The first-order valence-electron chi connectivity index (χ1n) is 4.37. The Kier molecular flexibility index (Phi) is 2.91. The molecule has 0 spiro atoms. The number of carboxylic acids is 1. The normalized spacial score (nSPS) is 10.3. The summed E-state index contributed by atoms with van der Waals surface area (Å²) >= 11 is 1.08. The lowest BCUT2D eigenvalue weighted by Gasteiger charge is -2.04. The van der Waals surface area contributed by atoms with Crippen LogP contribution in [0.15, 0.2) is 40.6 Å². The number of benzene rings is 1. The van der Waals surface area contributed by atoms with Gasteiger partial charge in [-0.3, -0.25) is 0 Å². The van der Waals surface area contributed by atoms with E-state index >= 15 is 0 Å². The molecule has 0 atom stereocenters. The molecular weight excluding hydrogens is 231 g/mol. The molecule has 6 heteroatoms. The Morgan fingerprint density at radius 2 is 2.31 bits per heavy atom. The zero-order chi connectivity index (χ0) is 11.5. The third-order valence-electron chi connectivity index (χ3n) is 1.87. The lowest BCUT2D eigenvalue weighted by atomic mass is 10.2. The molecule has 0 aliphatic rings. The number of carboxylic acid groups (broad SMARTS) is 1. The molecular formula is C10H7FN2O2S. The minimum Gasteiger partial charge on any atom is -0.478 e. The Hall–Kier alpha value is -1.82. The highest BCUT2D eigenvalue weighted by Crippen LogP contribution is 2.29. The molecule has 0 fully saturated rings. The number of nitrogens with one attached hydrogen (secondary N) is 1. The van der Waals surface area contributed by atoms with Gasteiger partial charge in [0.25, 0.3) is 0 Å². The van der Waals surface area contributed by atoms with E-state index in [0.29, 0.717) is 10.1 Å². The highest BCUT2D eigenvalue weighted by molar-refractivity contribution is 7.99. The molecule has 1 heterocycles. The molecule has 0 bridgehead atoms. The van der Waals surface area contributed by atoms with Crippen molar-refractivity contribution in [3.8, 4) is 0 Å². The number of imidazole rings is 1. The first-order chi connectivity index (χ1) is 7.68. The van der Waals surface area contributed by atoms with E-state index in [2.05, 4.69) is 9.97 Å². The number of rotatable bonds is 3. The molecule has 1 aromatic heterocycles. The van der Waals surface area contributed by atoms with Crippen molar-refractivity contribution in [1.82, 2.24) is 9.97 Å². The van der Waals surface area contributed by atoms with Crippen molar-refractivity contribution < 1.29 is 14.3 Å². The van der Waals surface area contributed by atoms with Crippen LogP contribution in [0, 0.1) is 5.82 Å². The maximum atomic E-state index is 13.3. The van der Waals surface area contributed by atoms with Crippen LogP contribution in [0.25, 0.3) is 0 Å². The number of halogens is 1. The van der Waals surface area contributed by atoms with E-state index in [1.165, 1.54) is 6.07 Å². The molecule has 0 radical (unpaired) electrons. The summed E-state index contributed by atoms with van der Waals surface area (Å²) in [6.45, 7) is 0. The van der Waals surface area contributed by atoms with E-state index in [1.54, 1.807) is 18.5 Å². The van der Waals surface area contributed by atoms with Crippen molar-refractivity contribution in [2.75, 3.05) is 0 Å². The number of aromatic carboxylic acids is 1. The predicted molar refractivity (Wildman–Crippen MR) is 56.1 cm³/mol. The Morgan fingerprint density at radius 3 is 2.94 bits per heavy atom. The highest BCUT2D eigenvalue weighted by Gasteiger charge is 2.16. The van der Waals surface area contributed by atoms with Crippen molar-refractivity contribution in [3.63, 3.8) is 0 Å². The van der Waals surface area contributed by atoms with Crippen molar-refractivity contribution in [3.05, 3.63) is 42.0 Å². The number of hydrogen-bond donors (Lipinski definition) is 2. The molecule has 0 saturated carbocycles. The fraction of sp³-hybridized carbons (Fsp3) is 0. The maximum absolute atomic E-state index is 13.3. The van der Waals surface area contributed by atoms with Crippen LogP contribution < -0.4 is 0 Å². The van der Waals surface area contributed by atoms with Gasteiger partial charge in [0, 0.05) is 17.3 Å². The zero-order valence-electron chi connectivity index (χ0n) is 7.98. The van der Waals surface area contributed by atoms with Gasteiger partial charge in [0.15, 0.2) is 5.16 Å². The summed E-state index contributed by atoms with van der Waals surface area (Å²) in [4.78, 5) is 18.0. The average Bonchev–Trinajstić information content (AvgIpc) is 2.70. The molecule has 0 saturated heterocycles. The van der Waals surface area contributed by atoms with Gasteiger partial charge in [0.2, 0.25) is 0 Å². The van der Waals surface area contributed by atoms with Gasteiger partial charge in [-0.15, -0.1) is 0 Å². The number of nitrogens with zero attached hydrogens (tertiary/aromatic N) is 1. The molecule has 0 aliphatic carbocycles. The van der Waals surface area contributed by atoms with Crippen LogP contribution in [-0.4, -0.2) is 21.0 Å². The summed E-state index contributed by atoms with van der Waals surface area (Å²) in [5.74, 6) is -2.03. The number of H-pyrrole nitrogens is 1. The van der Waals surface area contributed by atoms with E-state index in [-0.39, 0.29) is 5.56 Å². The summed E-state index contributed by atoms with van der Waals surface area (Å²) in [5.41, 5.74) is -0.330. The van der Waals surface area contributed by atoms with Gasteiger partial charge in [-0.25, -0.2) is 14.2 Å². The number of aromatic nitrogens is 2. The van der Waals surface area contributed by atoms with Crippen molar-refractivity contribution >= 4 is 17.7 Å². The van der Waals surface area contributed by atoms with Crippen LogP contribution in [0.3, 0.4) is 0 Å². The van der Waals surface area contributed by atoms with Crippen LogP contribution in [0.1, 0.15) is 10.4 Å². The van der Waals surface area contributed by atoms with Crippen LogP contribution in [0.2, 0.25) is 0 Å². The molecule has 4 nitrogen and oxygen atoms in total. The zero-order valence-corrected chi connectivity index (χ0v) is 8.79. The number of carbonyl (C=O) groups is 1. The minimum atomic E-state index is -1.29. The van der Waals surface area contributed by atoms with Crippen LogP contribution >= 0.6 is 11.8 Å². The highest BCUT2D eigenvalue weighted by atomic mass is 32.2. The molecule has 1 aromatic carbocycles. The summed E-state index contributed by atoms with van der Waals surface area (Å²) in [6, 6.07) is 4.13. The second-order valence-electron chi connectivity index (χ2n) is 2.91. The van der Waals surface area contributed by atoms with Crippen molar-refractivity contribution in [2.45, 2.75) is 10.1 Å². The topological polar surface area (TPSA) is 66.0 Å². The van der Waals surface area contributed by atoms with E-state index in [0.717, 1.165) is 17.8 Å².